The molecule has 2 heteroatoms. The number of allylic oxidation sites excluding steroid dienone is 2. The summed E-state index contributed by atoms with van der Waals surface area (Å²) in [5, 5.41) is 8.70. The second-order valence-electron chi connectivity index (χ2n) is 3.03. The molecule has 1 rings (SSSR count). The summed E-state index contributed by atoms with van der Waals surface area (Å²) in [6.45, 7) is 6.02. The molecule has 0 aliphatic carbocycles. The summed E-state index contributed by atoms with van der Waals surface area (Å²) < 4.78 is 5.51. The van der Waals surface area contributed by atoms with E-state index in [-0.39, 0.29) is 12.7 Å². The third-order valence-corrected chi connectivity index (χ3v) is 2.20. The maximum Gasteiger partial charge on any atom is 0.115 e. The molecule has 1 saturated heterocycles. The number of aliphatic hydroxyl groups excluding tert-OH is 1. The van der Waals surface area contributed by atoms with E-state index in [0.717, 1.165) is 25.0 Å². The molecule has 0 aromatic carbocycles. The van der Waals surface area contributed by atoms with Gasteiger partial charge in [-0.2, -0.15) is 0 Å². The van der Waals surface area contributed by atoms with Crippen LogP contribution >= 0.6 is 0 Å². The Kier molecular flexibility index (Phi) is 3.35. The molecule has 0 aromatic rings. The zero-order valence-electron chi connectivity index (χ0n) is 7.55. The van der Waals surface area contributed by atoms with Gasteiger partial charge >= 0.3 is 0 Å². The SMILES string of the molecule is C=C1OC(CCO)CCC1=CC. The van der Waals surface area contributed by atoms with Gasteiger partial charge in [0, 0.05) is 13.0 Å². The number of aliphatic hydroxyl groups is 1. The predicted octanol–water partition coefficient (Wildman–Crippen LogP) is 2.01. The van der Waals surface area contributed by atoms with Gasteiger partial charge in [-0.3, -0.25) is 0 Å². The van der Waals surface area contributed by atoms with E-state index >= 15 is 0 Å². The number of hydrogen-bond acceptors (Lipinski definition) is 2. The normalized spacial score (nSPS) is 27.3. The van der Waals surface area contributed by atoms with Crippen LogP contribution in [0.1, 0.15) is 26.2 Å². The van der Waals surface area contributed by atoms with Gasteiger partial charge in [0.25, 0.3) is 0 Å². The molecule has 2 nitrogen and oxygen atoms in total. The van der Waals surface area contributed by atoms with Crippen LogP contribution in [0.4, 0.5) is 0 Å². The number of hydrogen-bond donors (Lipinski definition) is 1. The summed E-state index contributed by atoms with van der Waals surface area (Å²) in [5.74, 6) is 0.780. The average Bonchev–Trinajstić information content (AvgIpc) is 2.05. The van der Waals surface area contributed by atoms with Crippen molar-refractivity contribution >= 4 is 0 Å². The lowest BCUT2D eigenvalue weighted by Crippen LogP contribution is -2.19. The van der Waals surface area contributed by atoms with Crippen molar-refractivity contribution in [2.24, 2.45) is 0 Å². The quantitative estimate of drug-likeness (QED) is 0.683. The van der Waals surface area contributed by atoms with Gasteiger partial charge in [-0.1, -0.05) is 12.7 Å². The van der Waals surface area contributed by atoms with E-state index in [1.54, 1.807) is 0 Å². The van der Waals surface area contributed by atoms with Gasteiger partial charge in [-0.15, -0.1) is 0 Å². The summed E-state index contributed by atoms with van der Waals surface area (Å²) in [5.41, 5.74) is 1.20. The summed E-state index contributed by atoms with van der Waals surface area (Å²) >= 11 is 0. The molecule has 68 valence electrons. The lowest BCUT2D eigenvalue weighted by atomic mass is 10.0. The monoisotopic (exact) mass is 168 g/mol. The third kappa shape index (κ3) is 2.11. The third-order valence-electron chi connectivity index (χ3n) is 2.20. The van der Waals surface area contributed by atoms with Crippen LogP contribution in [-0.2, 0) is 4.74 Å². The first-order valence-electron chi connectivity index (χ1n) is 4.40. The molecule has 0 spiro atoms. The van der Waals surface area contributed by atoms with E-state index in [0.29, 0.717) is 0 Å². The van der Waals surface area contributed by atoms with Crippen LogP contribution < -0.4 is 0 Å². The highest BCUT2D eigenvalue weighted by Gasteiger charge is 2.19. The summed E-state index contributed by atoms with van der Waals surface area (Å²) in [6.07, 6.45) is 4.96. The Hall–Kier alpha value is -0.760. The first kappa shape index (κ1) is 9.33. The maximum atomic E-state index is 8.70. The fourth-order valence-corrected chi connectivity index (χ4v) is 1.44. The Morgan fingerprint density at radius 2 is 2.50 bits per heavy atom. The molecule has 1 aliphatic rings. The Bertz CT molecular complexity index is 194. The van der Waals surface area contributed by atoms with Crippen molar-refractivity contribution in [1.29, 1.82) is 0 Å². The number of rotatable bonds is 2. The highest BCUT2D eigenvalue weighted by Crippen LogP contribution is 2.27. The first-order chi connectivity index (χ1) is 5.77. The van der Waals surface area contributed by atoms with Crippen molar-refractivity contribution in [2.45, 2.75) is 32.3 Å². The standard InChI is InChI=1S/C10H16O2/c1-3-9-4-5-10(6-7-11)12-8(9)2/h3,10-11H,2,4-7H2,1H3. The molecule has 0 saturated carbocycles. The Morgan fingerprint density at radius 3 is 3.00 bits per heavy atom. The fourth-order valence-electron chi connectivity index (χ4n) is 1.44. The molecule has 1 fully saturated rings. The molecule has 1 unspecified atom stereocenters. The molecule has 0 radical (unpaired) electrons. The van der Waals surface area contributed by atoms with Gasteiger partial charge in [0.15, 0.2) is 0 Å². The summed E-state index contributed by atoms with van der Waals surface area (Å²) in [4.78, 5) is 0. The molecular formula is C10H16O2. The van der Waals surface area contributed by atoms with Crippen LogP contribution in [0, 0.1) is 0 Å². The number of ether oxygens (including phenoxy) is 1. The first-order valence-corrected chi connectivity index (χ1v) is 4.40. The molecule has 1 heterocycles. The second kappa shape index (κ2) is 4.31. The highest BCUT2D eigenvalue weighted by atomic mass is 16.5. The molecule has 1 N–H and O–H groups in total. The van der Waals surface area contributed by atoms with Gasteiger partial charge < -0.3 is 9.84 Å². The minimum atomic E-state index is 0.172. The predicted molar refractivity (Wildman–Crippen MR) is 48.7 cm³/mol. The van der Waals surface area contributed by atoms with Crippen molar-refractivity contribution in [3.05, 3.63) is 24.0 Å². The molecule has 0 aromatic heterocycles. The van der Waals surface area contributed by atoms with Crippen LogP contribution in [-0.4, -0.2) is 17.8 Å². The Morgan fingerprint density at radius 1 is 1.75 bits per heavy atom. The Balaban J connectivity index is 2.46. The Labute approximate surface area is 73.5 Å². The zero-order chi connectivity index (χ0) is 8.97. The summed E-state index contributed by atoms with van der Waals surface area (Å²) in [7, 11) is 0. The van der Waals surface area contributed by atoms with Gasteiger partial charge in [0.05, 0.1) is 0 Å². The van der Waals surface area contributed by atoms with E-state index in [9.17, 15) is 0 Å². The second-order valence-corrected chi connectivity index (χ2v) is 3.03. The zero-order valence-corrected chi connectivity index (χ0v) is 7.55. The van der Waals surface area contributed by atoms with Crippen molar-refractivity contribution in [1.82, 2.24) is 0 Å². The van der Waals surface area contributed by atoms with Gasteiger partial charge in [-0.05, 0) is 25.3 Å². The molecule has 1 atom stereocenters. The fraction of sp³-hybridized carbons (Fsp3) is 0.600. The summed E-state index contributed by atoms with van der Waals surface area (Å²) in [6, 6.07) is 0. The van der Waals surface area contributed by atoms with Crippen LogP contribution in [0.15, 0.2) is 24.0 Å². The van der Waals surface area contributed by atoms with Crippen molar-refractivity contribution < 1.29 is 9.84 Å². The average molecular weight is 168 g/mol. The van der Waals surface area contributed by atoms with E-state index in [4.69, 9.17) is 9.84 Å². The van der Waals surface area contributed by atoms with Crippen molar-refractivity contribution in [3.63, 3.8) is 0 Å². The molecule has 12 heavy (non-hydrogen) atoms. The highest BCUT2D eigenvalue weighted by molar-refractivity contribution is 5.24. The molecule has 1 aliphatic heterocycles. The van der Waals surface area contributed by atoms with E-state index in [1.807, 2.05) is 13.0 Å². The lowest BCUT2D eigenvalue weighted by molar-refractivity contribution is 0.0718. The van der Waals surface area contributed by atoms with Crippen LogP contribution in [0.25, 0.3) is 0 Å². The van der Waals surface area contributed by atoms with Gasteiger partial charge in [0.1, 0.15) is 11.9 Å². The molecule has 0 bridgehead atoms. The van der Waals surface area contributed by atoms with E-state index < -0.39 is 0 Å². The van der Waals surface area contributed by atoms with Crippen LogP contribution in [0.2, 0.25) is 0 Å². The minimum absolute atomic E-state index is 0.172. The minimum Gasteiger partial charge on any atom is -0.491 e. The van der Waals surface area contributed by atoms with Crippen molar-refractivity contribution in [2.75, 3.05) is 6.61 Å². The smallest absolute Gasteiger partial charge is 0.115 e. The molecular weight excluding hydrogens is 152 g/mol. The maximum absolute atomic E-state index is 8.70. The van der Waals surface area contributed by atoms with Crippen molar-refractivity contribution in [3.8, 4) is 0 Å². The largest absolute Gasteiger partial charge is 0.491 e. The van der Waals surface area contributed by atoms with Gasteiger partial charge in [-0.25, -0.2) is 0 Å². The topological polar surface area (TPSA) is 29.5 Å². The molecule has 0 amide bonds. The van der Waals surface area contributed by atoms with Crippen LogP contribution in [0.5, 0.6) is 0 Å². The lowest BCUT2D eigenvalue weighted by Gasteiger charge is -2.26. The van der Waals surface area contributed by atoms with E-state index in [1.165, 1.54) is 5.57 Å². The van der Waals surface area contributed by atoms with Crippen LogP contribution in [0.3, 0.4) is 0 Å². The van der Waals surface area contributed by atoms with Gasteiger partial charge in [0.2, 0.25) is 0 Å². The van der Waals surface area contributed by atoms with E-state index in [2.05, 4.69) is 6.58 Å².